The highest BCUT2D eigenvalue weighted by molar-refractivity contribution is 5.82. The molecular weight excluding hydrogens is 440 g/mol. The predicted octanol–water partition coefficient (Wildman–Crippen LogP) is 4.21. The maximum Gasteiger partial charge on any atom is 0.418 e. The number of benzene rings is 2. The first-order valence-corrected chi connectivity index (χ1v) is 9.26. The van der Waals surface area contributed by atoms with Gasteiger partial charge in [0.1, 0.15) is 35.4 Å². The zero-order valence-electron chi connectivity index (χ0n) is 16.4. The maximum atomic E-state index is 15.2. The van der Waals surface area contributed by atoms with E-state index in [9.17, 15) is 27.1 Å². The molecule has 32 heavy (non-hydrogen) atoms. The number of aliphatic hydroxyl groups is 1. The van der Waals surface area contributed by atoms with E-state index in [0.717, 1.165) is 41.3 Å². The number of aromatic nitrogens is 5. The molecule has 0 aliphatic rings. The number of fused-ring (bicyclic) bond motifs is 1. The first-order chi connectivity index (χ1) is 15.0. The summed E-state index contributed by atoms with van der Waals surface area (Å²) in [7, 11) is 0. The molecule has 4 rings (SSSR count). The van der Waals surface area contributed by atoms with Crippen LogP contribution in [0, 0.1) is 17.6 Å². The summed E-state index contributed by atoms with van der Waals surface area (Å²) in [6.07, 6.45) is -2.45. The number of halogens is 6. The minimum Gasteiger partial charge on any atom is -0.381 e. The van der Waals surface area contributed by atoms with Crippen LogP contribution in [-0.4, -0.2) is 29.7 Å². The van der Waals surface area contributed by atoms with Crippen LogP contribution >= 0.6 is 0 Å². The Labute approximate surface area is 176 Å². The van der Waals surface area contributed by atoms with Crippen LogP contribution < -0.4 is 0 Å². The van der Waals surface area contributed by atoms with Crippen molar-refractivity contribution in [2.75, 3.05) is 0 Å². The number of nitrogens with zero attached hydrogens (tertiary/aromatic N) is 5. The second-order valence-corrected chi connectivity index (χ2v) is 7.25. The summed E-state index contributed by atoms with van der Waals surface area (Å²) in [6, 6.07) is 3.87. The molecular formula is C20H15F6N5O. The molecule has 0 fully saturated rings. The summed E-state index contributed by atoms with van der Waals surface area (Å²) >= 11 is 0. The van der Waals surface area contributed by atoms with E-state index < -0.39 is 64.0 Å². The topological polar surface area (TPSA) is 68.8 Å². The molecule has 0 aliphatic heterocycles. The molecule has 2 heterocycles. The van der Waals surface area contributed by atoms with Gasteiger partial charge in [-0.2, -0.15) is 27.8 Å². The van der Waals surface area contributed by atoms with Crippen LogP contribution in [0.5, 0.6) is 0 Å². The number of hydrogen-bond donors (Lipinski definition) is 1. The molecule has 12 heteroatoms. The van der Waals surface area contributed by atoms with E-state index in [1.165, 1.54) is 13.3 Å². The molecule has 0 unspecified atom stereocenters. The van der Waals surface area contributed by atoms with Crippen molar-refractivity contribution in [3.63, 3.8) is 0 Å². The Hall–Kier alpha value is -3.41. The zero-order valence-corrected chi connectivity index (χ0v) is 16.4. The van der Waals surface area contributed by atoms with E-state index in [-0.39, 0.29) is 0 Å². The Morgan fingerprint density at radius 3 is 2.44 bits per heavy atom. The molecule has 0 radical (unpaired) electrons. The lowest BCUT2D eigenvalue weighted by atomic mass is 9.86. The Morgan fingerprint density at radius 1 is 1.06 bits per heavy atom. The average molecular weight is 455 g/mol. The standard InChI is InChI=1S/C20H15F6N5O/c1-11(31-18(23)13-3-2-4-15(17(13)29-31)20(24,25)26)19(32,8-30-10-27-9-28-30)14-6-5-12(21)7-16(14)22/h2-7,9-11,32H,8H2,1H3/t11-,19-/m1/s1. The Kier molecular flexibility index (Phi) is 5.19. The second kappa shape index (κ2) is 7.62. The summed E-state index contributed by atoms with van der Waals surface area (Å²) in [5.41, 5.74) is -4.54. The van der Waals surface area contributed by atoms with Gasteiger partial charge in [-0.15, -0.1) is 0 Å². The normalized spacial score (nSPS) is 15.1. The number of alkyl halides is 3. The molecule has 0 aliphatic carbocycles. The quantitative estimate of drug-likeness (QED) is 0.458. The average Bonchev–Trinajstić information content (AvgIpc) is 3.34. The van der Waals surface area contributed by atoms with E-state index in [2.05, 4.69) is 15.2 Å². The van der Waals surface area contributed by atoms with E-state index >= 15 is 4.39 Å². The van der Waals surface area contributed by atoms with Crippen molar-refractivity contribution >= 4 is 10.9 Å². The van der Waals surface area contributed by atoms with Gasteiger partial charge in [0.25, 0.3) is 0 Å². The molecule has 0 spiro atoms. The van der Waals surface area contributed by atoms with Crippen molar-refractivity contribution in [2.45, 2.75) is 31.3 Å². The maximum absolute atomic E-state index is 15.2. The third kappa shape index (κ3) is 3.60. The molecule has 0 saturated heterocycles. The van der Waals surface area contributed by atoms with E-state index in [0.29, 0.717) is 10.7 Å². The van der Waals surface area contributed by atoms with E-state index in [1.54, 1.807) is 0 Å². The van der Waals surface area contributed by atoms with Crippen LogP contribution in [0.3, 0.4) is 0 Å². The Balaban J connectivity index is 1.91. The van der Waals surface area contributed by atoms with Gasteiger partial charge in [-0.05, 0) is 25.1 Å². The van der Waals surface area contributed by atoms with Crippen molar-refractivity contribution in [1.29, 1.82) is 0 Å². The molecule has 1 N–H and O–H groups in total. The molecule has 168 valence electrons. The lowest BCUT2D eigenvalue weighted by molar-refractivity contribution is -0.136. The highest BCUT2D eigenvalue weighted by Crippen LogP contribution is 2.40. The first-order valence-electron chi connectivity index (χ1n) is 9.26. The van der Waals surface area contributed by atoms with Gasteiger partial charge in [0.2, 0.25) is 5.95 Å². The zero-order chi connectivity index (χ0) is 23.3. The van der Waals surface area contributed by atoms with Crippen LogP contribution in [0.15, 0.2) is 49.1 Å². The van der Waals surface area contributed by atoms with Gasteiger partial charge < -0.3 is 5.11 Å². The van der Waals surface area contributed by atoms with Gasteiger partial charge in [-0.3, -0.25) is 0 Å². The van der Waals surface area contributed by atoms with Crippen molar-refractivity contribution in [1.82, 2.24) is 24.5 Å². The van der Waals surface area contributed by atoms with Crippen molar-refractivity contribution in [2.24, 2.45) is 0 Å². The first kappa shape index (κ1) is 21.8. The fourth-order valence-electron chi connectivity index (χ4n) is 3.62. The summed E-state index contributed by atoms with van der Waals surface area (Å²) < 4.78 is 85.1. The molecule has 2 aromatic heterocycles. The minimum atomic E-state index is -4.80. The Bertz CT molecular complexity index is 1270. The van der Waals surface area contributed by atoms with Gasteiger partial charge >= 0.3 is 6.18 Å². The van der Waals surface area contributed by atoms with Crippen molar-refractivity contribution < 1.29 is 31.4 Å². The lowest BCUT2D eigenvalue weighted by Gasteiger charge is -2.34. The highest BCUT2D eigenvalue weighted by atomic mass is 19.4. The minimum absolute atomic E-state index is 0.420. The van der Waals surface area contributed by atoms with Crippen LogP contribution in [0.2, 0.25) is 0 Å². The van der Waals surface area contributed by atoms with E-state index in [4.69, 9.17) is 0 Å². The van der Waals surface area contributed by atoms with Gasteiger partial charge in [-0.1, -0.05) is 12.1 Å². The van der Waals surface area contributed by atoms with Crippen LogP contribution in [0.4, 0.5) is 26.3 Å². The summed E-state index contributed by atoms with van der Waals surface area (Å²) in [5, 5.41) is 18.7. The van der Waals surface area contributed by atoms with Crippen LogP contribution in [0.1, 0.15) is 24.1 Å². The number of rotatable bonds is 5. The van der Waals surface area contributed by atoms with Crippen LogP contribution in [0.25, 0.3) is 10.9 Å². The number of hydrogen-bond acceptors (Lipinski definition) is 4. The molecule has 0 saturated carbocycles. The Morgan fingerprint density at radius 2 is 1.81 bits per heavy atom. The van der Waals surface area contributed by atoms with Crippen LogP contribution in [-0.2, 0) is 18.3 Å². The van der Waals surface area contributed by atoms with Gasteiger partial charge in [0.05, 0.1) is 23.5 Å². The molecule has 2 atom stereocenters. The van der Waals surface area contributed by atoms with Gasteiger partial charge in [-0.25, -0.2) is 23.1 Å². The van der Waals surface area contributed by atoms with Gasteiger partial charge in [0.15, 0.2) is 0 Å². The fourth-order valence-corrected chi connectivity index (χ4v) is 3.62. The van der Waals surface area contributed by atoms with Crippen molar-refractivity contribution in [3.05, 3.63) is 77.8 Å². The molecule has 0 amide bonds. The molecule has 4 aromatic rings. The van der Waals surface area contributed by atoms with Crippen molar-refractivity contribution in [3.8, 4) is 0 Å². The second-order valence-electron chi connectivity index (χ2n) is 7.25. The summed E-state index contributed by atoms with van der Waals surface area (Å²) in [6.45, 7) is 0.778. The molecule has 0 bridgehead atoms. The van der Waals surface area contributed by atoms with Gasteiger partial charge in [0, 0.05) is 11.6 Å². The SMILES string of the molecule is C[C@@H](n1nc2c(C(F)(F)F)cccc2c1F)[C@](O)(Cn1cncn1)c1ccc(F)cc1F. The molecule has 2 aromatic carbocycles. The highest BCUT2D eigenvalue weighted by Gasteiger charge is 2.43. The van der Waals surface area contributed by atoms with E-state index in [1.807, 2.05) is 0 Å². The summed E-state index contributed by atoms with van der Waals surface area (Å²) in [5.74, 6) is -3.20. The lowest BCUT2D eigenvalue weighted by Crippen LogP contribution is -2.41. The fraction of sp³-hybridized carbons (Fsp3) is 0.250. The third-order valence-electron chi connectivity index (χ3n) is 5.30. The largest absolute Gasteiger partial charge is 0.418 e. The summed E-state index contributed by atoms with van der Waals surface area (Å²) in [4.78, 5) is 3.73. The monoisotopic (exact) mass is 455 g/mol. The third-order valence-corrected chi connectivity index (χ3v) is 5.30. The smallest absolute Gasteiger partial charge is 0.381 e. The molecule has 6 nitrogen and oxygen atoms in total. The predicted molar refractivity (Wildman–Crippen MR) is 99.7 cm³/mol.